The van der Waals surface area contributed by atoms with Crippen molar-refractivity contribution < 1.29 is 23.8 Å². The first-order valence-electron chi connectivity index (χ1n) is 8.12. The summed E-state index contributed by atoms with van der Waals surface area (Å²) < 4.78 is 16.0. The van der Waals surface area contributed by atoms with Gasteiger partial charge in [-0.1, -0.05) is 30.3 Å². The Bertz CT molecular complexity index is 726. The lowest BCUT2D eigenvalue weighted by molar-refractivity contribution is -0.156. The Morgan fingerprint density at radius 2 is 1.84 bits per heavy atom. The number of nitrogens with one attached hydrogen (secondary N) is 1. The van der Waals surface area contributed by atoms with Crippen LogP contribution in [0.4, 0.5) is 5.69 Å². The minimum Gasteiger partial charge on any atom is -0.455 e. The van der Waals surface area contributed by atoms with Crippen LogP contribution >= 0.6 is 0 Å². The molecule has 0 unspecified atom stereocenters. The van der Waals surface area contributed by atoms with Crippen LogP contribution in [-0.2, 0) is 19.1 Å². The highest BCUT2D eigenvalue weighted by molar-refractivity contribution is 5.94. The number of amides is 1. The molecule has 1 amide bonds. The van der Waals surface area contributed by atoms with Crippen molar-refractivity contribution in [2.75, 3.05) is 18.5 Å². The smallest absolute Gasteiger partial charge is 0.335 e. The van der Waals surface area contributed by atoms with Gasteiger partial charge in [-0.2, -0.15) is 0 Å². The zero-order chi connectivity index (χ0) is 17.5. The predicted molar refractivity (Wildman–Crippen MR) is 91.5 cm³/mol. The number of benzene rings is 2. The Hall–Kier alpha value is -2.86. The summed E-state index contributed by atoms with van der Waals surface area (Å²) in [6.07, 6.45) is 0.908. The van der Waals surface area contributed by atoms with Crippen molar-refractivity contribution in [1.29, 1.82) is 0 Å². The van der Waals surface area contributed by atoms with Crippen molar-refractivity contribution in [2.24, 2.45) is 0 Å². The fourth-order valence-electron chi connectivity index (χ4n) is 2.45. The molecule has 25 heavy (non-hydrogen) atoms. The molecule has 1 saturated heterocycles. The van der Waals surface area contributed by atoms with Crippen LogP contribution in [0.1, 0.15) is 12.8 Å². The van der Waals surface area contributed by atoms with E-state index in [1.165, 1.54) is 0 Å². The van der Waals surface area contributed by atoms with E-state index in [-0.39, 0.29) is 6.61 Å². The Kier molecular flexibility index (Phi) is 5.64. The lowest BCUT2D eigenvalue weighted by Crippen LogP contribution is -2.27. The van der Waals surface area contributed by atoms with Gasteiger partial charge in [-0.3, -0.25) is 4.79 Å². The number of anilines is 1. The maximum absolute atomic E-state index is 12.1. The second-order valence-electron chi connectivity index (χ2n) is 5.57. The summed E-state index contributed by atoms with van der Waals surface area (Å²) in [7, 11) is 0. The van der Waals surface area contributed by atoms with Gasteiger partial charge in [0.2, 0.25) is 0 Å². The van der Waals surface area contributed by atoms with E-state index in [0.717, 1.165) is 6.42 Å². The van der Waals surface area contributed by atoms with E-state index >= 15 is 0 Å². The van der Waals surface area contributed by atoms with Crippen LogP contribution < -0.4 is 10.1 Å². The van der Waals surface area contributed by atoms with Crippen LogP contribution in [0.25, 0.3) is 0 Å². The Morgan fingerprint density at radius 3 is 2.60 bits per heavy atom. The molecule has 0 radical (unpaired) electrons. The van der Waals surface area contributed by atoms with E-state index in [9.17, 15) is 9.59 Å². The largest absolute Gasteiger partial charge is 0.455 e. The molecule has 1 fully saturated rings. The summed E-state index contributed by atoms with van der Waals surface area (Å²) in [6.45, 7) is 0.189. The van der Waals surface area contributed by atoms with Gasteiger partial charge < -0.3 is 19.5 Å². The summed E-state index contributed by atoms with van der Waals surface area (Å²) in [5.41, 5.74) is 0.504. The number of carbonyl (C=O) groups excluding carboxylic acids is 2. The van der Waals surface area contributed by atoms with Crippen molar-refractivity contribution in [3.05, 3.63) is 54.6 Å². The quantitative estimate of drug-likeness (QED) is 0.817. The topological polar surface area (TPSA) is 73.9 Å². The summed E-state index contributed by atoms with van der Waals surface area (Å²) in [4.78, 5) is 23.8. The summed E-state index contributed by atoms with van der Waals surface area (Å²) in [5, 5.41) is 2.69. The van der Waals surface area contributed by atoms with Gasteiger partial charge in [0.25, 0.3) is 5.91 Å². The third-order valence-electron chi connectivity index (χ3n) is 3.67. The highest BCUT2D eigenvalue weighted by Crippen LogP contribution is 2.29. The number of carbonyl (C=O) groups is 2. The number of ether oxygens (including phenoxy) is 3. The van der Waals surface area contributed by atoms with Gasteiger partial charge in [0.05, 0.1) is 5.69 Å². The van der Waals surface area contributed by atoms with Crippen molar-refractivity contribution in [3.8, 4) is 11.5 Å². The average molecular weight is 341 g/mol. The van der Waals surface area contributed by atoms with Gasteiger partial charge in [-0.25, -0.2) is 4.79 Å². The Morgan fingerprint density at radius 1 is 1.08 bits per heavy atom. The third kappa shape index (κ3) is 4.81. The number of para-hydroxylation sites is 3. The number of hydrogen-bond acceptors (Lipinski definition) is 5. The van der Waals surface area contributed by atoms with Crippen LogP contribution in [0.5, 0.6) is 11.5 Å². The first-order valence-corrected chi connectivity index (χ1v) is 8.12. The van der Waals surface area contributed by atoms with E-state index in [4.69, 9.17) is 14.2 Å². The van der Waals surface area contributed by atoms with Gasteiger partial charge in [-0.05, 0) is 37.1 Å². The molecule has 6 nitrogen and oxygen atoms in total. The highest BCUT2D eigenvalue weighted by Gasteiger charge is 2.25. The molecule has 0 saturated carbocycles. The predicted octanol–water partition coefficient (Wildman–Crippen LogP) is 3.14. The van der Waals surface area contributed by atoms with E-state index in [1.807, 2.05) is 36.4 Å². The molecule has 2 aromatic carbocycles. The summed E-state index contributed by atoms with van der Waals surface area (Å²) >= 11 is 0. The lowest BCUT2D eigenvalue weighted by Gasteiger charge is -2.13. The first-order chi connectivity index (χ1) is 12.2. The van der Waals surface area contributed by atoms with E-state index in [0.29, 0.717) is 30.2 Å². The molecule has 1 heterocycles. The normalized spacial score (nSPS) is 16.2. The molecule has 6 heteroatoms. The molecule has 130 valence electrons. The van der Waals surface area contributed by atoms with Gasteiger partial charge in [0.1, 0.15) is 5.75 Å². The maximum atomic E-state index is 12.1. The van der Waals surface area contributed by atoms with Crippen molar-refractivity contribution in [3.63, 3.8) is 0 Å². The van der Waals surface area contributed by atoms with E-state index in [2.05, 4.69) is 5.32 Å². The van der Waals surface area contributed by atoms with Crippen molar-refractivity contribution in [2.45, 2.75) is 18.9 Å². The zero-order valence-corrected chi connectivity index (χ0v) is 13.6. The minimum atomic E-state index is -0.554. The molecule has 0 aromatic heterocycles. The number of hydrogen-bond donors (Lipinski definition) is 1. The second-order valence-corrected chi connectivity index (χ2v) is 5.57. The highest BCUT2D eigenvalue weighted by atomic mass is 16.6. The molecule has 3 rings (SSSR count). The second kappa shape index (κ2) is 8.30. The molecule has 1 aliphatic rings. The van der Waals surface area contributed by atoms with Crippen molar-refractivity contribution >= 4 is 17.6 Å². The lowest BCUT2D eigenvalue weighted by atomic mass is 10.2. The molecule has 0 aliphatic carbocycles. The van der Waals surface area contributed by atoms with Crippen LogP contribution in [0.3, 0.4) is 0 Å². The average Bonchev–Trinajstić information content (AvgIpc) is 3.17. The minimum absolute atomic E-state index is 0.363. The molecule has 1 N–H and O–H groups in total. The van der Waals surface area contributed by atoms with Crippen LogP contribution in [0.2, 0.25) is 0 Å². The molecular weight excluding hydrogens is 322 g/mol. The van der Waals surface area contributed by atoms with E-state index < -0.39 is 18.0 Å². The van der Waals surface area contributed by atoms with Crippen LogP contribution in [0, 0.1) is 0 Å². The summed E-state index contributed by atoms with van der Waals surface area (Å²) in [5.74, 6) is 0.235. The van der Waals surface area contributed by atoms with Crippen molar-refractivity contribution in [1.82, 2.24) is 0 Å². The maximum Gasteiger partial charge on any atom is 0.335 e. The number of rotatable bonds is 6. The molecule has 1 aliphatic heterocycles. The zero-order valence-electron chi connectivity index (χ0n) is 13.6. The van der Waals surface area contributed by atoms with Gasteiger partial charge in [0.15, 0.2) is 18.5 Å². The van der Waals surface area contributed by atoms with E-state index in [1.54, 1.807) is 18.2 Å². The van der Waals surface area contributed by atoms with Gasteiger partial charge in [-0.15, -0.1) is 0 Å². The SMILES string of the molecule is O=C(COC(=O)[C@@H]1CCCO1)Nc1ccccc1Oc1ccccc1. The fraction of sp³-hybridized carbons (Fsp3) is 0.263. The Labute approximate surface area is 145 Å². The summed E-state index contributed by atoms with van der Waals surface area (Å²) in [6, 6.07) is 16.3. The standard InChI is InChI=1S/C19H19NO5/c21-18(13-24-19(22)17-11-6-12-23-17)20-15-9-4-5-10-16(15)25-14-7-2-1-3-8-14/h1-5,7-10,17H,6,11-13H2,(H,20,21)/t17-/m0/s1. The molecule has 2 aromatic rings. The monoisotopic (exact) mass is 341 g/mol. The molecule has 0 bridgehead atoms. The van der Waals surface area contributed by atoms with Gasteiger partial charge in [0, 0.05) is 6.61 Å². The van der Waals surface area contributed by atoms with Gasteiger partial charge >= 0.3 is 5.97 Å². The van der Waals surface area contributed by atoms with Crippen LogP contribution in [-0.4, -0.2) is 31.2 Å². The molecule has 0 spiro atoms. The number of esters is 1. The van der Waals surface area contributed by atoms with Crippen LogP contribution in [0.15, 0.2) is 54.6 Å². The fourth-order valence-corrected chi connectivity index (χ4v) is 2.45. The Balaban J connectivity index is 1.56. The molecule has 1 atom stereocenters. The third-order valence-corrected chi connectivity index (χ3v) is 3.67. The first kappa shape index (κ1) is 17.0. The molecular formula is C19H19NO5.